The van der Waals surface area contributed by atoms with Crippen molar-refractivity contribution in [3.63, 3.8) is 0 Å². The van der Waals surface area contributed by atoms with Gasteiger partial charge in [-0.15, -0.1) is 10.2 Å². The first kappa shape index (κ1) is 14.4. The van der Waals surface area contributed by atoms with Crippen LogP contribution >= 0.6 is 0 Å². The minimum atomic E-state index is -0.213. The molecule has 4 N–H and O–H groups in total. The van der Waals surface area contributed by atoms with Crippen LogP contribution in [0.25, 0.3) is 0 Å². The van der Waals surface area contributed by atoms with Crippen LogP contribution < -0.4 is 16.4 Å². The molecule has 0 spiro atoms. The first-order valence-electron chi connectivity index (χ1n) is 6.16. The number of nitrogens with one attached hydrogen (secondary N) is 2. The highest BCUT2D eigenvalue weighted by Gasteiger charge is 2.09. The summed E-state index contributed by atoms with van der Waals surface area (Å²) in [6.45, 7) is 7.19. The van der Waals surface area contributed by atoms with Gasteiger partial charge in [-0.25, -0.2) is 0 Å². The lowest BCUT2D eigenvalue weighted by Gasteiger charge is -2.16. The fourth-order valence-electron chi connectivity index (χ4n) is 1.26. The third kappa shape index (κ3) is 4.29. The molecular weight excluding hydrogens is 230 g/mol. The van der Waals surface area contributed by atoms with E-state index in [4.69, 9.17) is 5.73 Å². The zero-order chi connectivity index (χ0) is 13.5. The van der Waals surface area contributed by atoms with Gasteiger partial charge >= 0.3 is 0 Å². The average molecular weight is 251 g/mol. The smallest absolute Gasteiger partial charge is 0.271 e. The zero-order valence-corrected chi connectivity index (χ0v) is 11.1. The van der Waals surface area contributed by atoms with Crippen LogP contribution in [0.2, 0.25) is 0 Å². The van der Waals surface area contributed by atoms with Crippen molar-refractivity contribution in [2.24, 2.45) is 11.7 Å². The molecule has 1 rings (SSSR count). The molecule has 18 heavy (non-hydrogen) atoms. The second kappa shape index (κ2) is 6.90. The highest BCUT2D eigenvalue weighted by Crippen LogP contribution is 2.04. The molecule has 1 aromatic rings. The van der Waals surface area contributed by atoms with Crippen molar-refractivity contribution >= 4 is 11.7 Å². The number of nitrogens with two attached hydrogens (primary N) is 1. The van der Waals surface area contributed by atoms with Gasteiger partial charge in [0.1, 0.15) is 5.82 Å². The van der Waals surface area contributed by atoms with Gasteiger partial charge in [-0.1, -0.05) is 13.8 Å². The molecule has 100 valence electrons. The number of aromatic nitrogens is 2. The van der Waals surface area contributed by atoms with Gasteiger partial charge < -0.3 is 16.4 Å². The van der Waals surface area contributed by atoms with E-state index < -0.39 is 0 Å². The Morgan fingerprint density at radius 3 is 2.61 bits per heavy atom. The summed E-state index contributed by atoms with van der Waals surface area (Å²) >= 11 is 0. The van der Waals surface area contributed by atoms with Crippen molar-refractivity contribution in [1.29, 1.82) is 0 Å². The van der Waals surface area contributed by atoms with Gasteiger partial charge in [0.15, 0.2) is 5.69 Å². The van der Waals surface area contributed by atoms with Gasteiger partial charge in [0.25, 0.3) is 5.91 Å². The average Bonchev–Trinajstić information content (AvgIpc) is 2.36. The quantitative estimate of drug-likeness (QED) is 0.689. The minimum absolute atomic E-state index is 0.0647. The summed E-state index contributed by atoms with van der Waals surface area (Å²) in [6.07, 6.45) is 0. The lowest BCUT2D eigenvalue weighted by atomic mass is 10.1. The molecule has 0 radical (unpaired) electrons. The maximum Gasteiger partial charge on any atom is 0.271 e. The number of hydrogen-bond donors (Lipinski definition) is 3. The normalized spacial score (nSPS) is 12.3. The van der Waals surface area contributed by atoms with Crippen LogP contribution in [-0.4, -0.2) is 35.2 Å². The molecule has 0 bridgehead atoms. The van der Waals surface area contributed by atoms with E-state index in [1.165, 1.54) is 0 Å². The van der Waals surface area contributed by atoms with Gasteiger partial charge in [0, 0.05) is 19.1 Å². The summed E-state index contributed by atoms with van der Waals surface area (Å²) < 4.78 is 0. The second-order valence-electron chi connectivity index (χ2n) is 4.45. The molecule has 0 saturated carbocycles. The van der Waals surface area contributed by atoms with Crippen LogP contribution in [0.5, 0.6) is 0 Å². The molecule has 0 saturated heterocycles. The summed E-state index contributed by atoms with van der Waals surface area (Å²) in [6, 6.07) is 3.43. The molecule has 1 unspecified atom stereocenters. The van der Waals surface area contributed by atoms with Gasteiger partial charge in [-0.05, 0) is 25.0 Å². The summed E-state index contributed by atoms with van der Waals surface area (Å²) in [7, 11) is 0. The van der Waals surface area contributed by atoms with Gasteiger partial charge in [0.05, 0.1) is 0 Å². The Morgan fingerprint density at radius 1 is 1.39 bits per heavy atom. The molecule has 1 aromatic heterocycles. The van der Waals surface area contributed by atoms with Gasteiger partial charge in [-0.2, -0.15) is 0 Å². The van der Waals surface area contributed by atoms with Crippen molar-refractivity contribution in [2.45, 2.75) is 26.8 Å². The molecule has 1 heterocycles. The highest BCUT2D eigenvalue weighted by molar-refractivity contribution is 5.92. The summed E-state index contributed by atoms with van der Waals surface area (Å²) in [5.74, 6) is 0.814. The standard InChI is InChI=1S/C12H21N5O/c1-4-14-12(18)10-5-6-11(17-16-10)15-7-9(13)8(2)3/h5-6,8-9H,4,7,13H2,1-3H3,(H,14,18)(H,15,17). The highest BCUT2D eigenvalue weighted by atomic mass is 16.1. The maximum atomic E-state index is 11.5. The number of nitrogens with zero attached hydrogens (tertiary/aromatic N) is 2. The Bertz CT molecular complexity index is 377. The van der Waals surface area contributed by atoms with Crippen LogP contribution in [0.4, 0.5) is 5.82 Å². The Labute approximate surface area is 107 Å². The molecule has 6 heteroatoms. The van der Waals surface area contributed by atoms with Crippen LogP contribution in [0.15, 0.2) is 12.1 Å². The Balaban J connectivity index is 2.53. The first-order valence-corrected chi connectivity index (χ1v) is 6.16. The molecule has 6 nitrogen and oxygen atoms in total. The van der Waals surface area contributed by atoms with Crippen LogP contribution in [0.1, 0.15) is 31.3 Å². The summed E-state index contributed by atoms with van der Waals surface area (Å²) in [5, 5.41) is 13.5. The van der Waals surface area contributed by atoms with E-state index in [-0.39, 0.29) is 11.9 Å². The predicted molar refractivity (Wildman–Crippen MR) is 71.3 cm³/mol. The van der Waals surface area contributed by atoms with Crippen molar-refractivity contribution < 1.29 is 4.79 Å². The topological polar surface area (TPSA) is 92.9 Å². The Morgan fingerprint density at radius 2 is 2.11 bits per heavy atom. The van der Waals surface area contributed by atoms with Crippen molar-refractivity contribution in [1.82, 2.24) is 15.5 Å². The molecule has 1 amide bonds. The number of carbonyl (C=O) groups is 1. The number of hydrogen-bond acceptors (Lipinski definition) is 5. The van der Waals surface area contributed by atoms with E-state index in [0.717, 1.165) is 0 Å². The van der Waals surface area contributed by atoms with E-state index in [9.17, 15) is 4.79 Å². The van der Waals surface area contributed by atoms with Crippen molar-refractivity contribution in [3.05, 3.63) is 17.8 Å². The maximum absolute atomic E-state index is 11.5. The third-order valence-electron chi connectivity index (χ3n) is 2.61. The largest absolute Gasteiger partial charge is 0.367 e. The molecular formula is C12H21N5O. The fraction of sp³-hybridized carbons (Fsp3) is 0.583. The van der Waals surface area contributed by atoms with Crippen molar-refractivity contribution in [3.8, 4) is 0 Å². The molecule has 1 atom stereocenters. The molecule has 0 aliphatic carbocycles. The van der Waals surface area contributed by atoms with Crippen LogP contribution in [-0.2, 0) is 0 Å². The zero-order valence-electron chi connectivity index (χ0n) is 11.1. The summed E-state index contributed by atoms with van der Waals surface area (Å²) in [5.41, 5.74) is 6.22. The van der Waals surface area contributed by atoms with Gasteiger partial charge in [0.2, 0.25) is 0 Å². The van der Waals surface area contributed by atoms with E-state index in [0.29, 0.717) is 30.5 Å². The molecule has 0 aliphatic rings. The molecule has 0 aliphatic heterocycles. The lowest BCUT2D eigenvalue weighted by molar-refractivity contribution is 0.0950. The monoisotopic (exact) mass is 251 g/mol. The van der Waals surface area contributed by atoms with E-state index in [1.807, 2.05) is 6.92 Å². The molecule has 0 aromatic carbocycles. The predicted octanol–water partition coefficient (Wildman–Crippen LogP) is 0.621. The Kier molecular flexibility index (Phi) is 5.51. The van der Waals surface area contributed by atoms with Crippen LogP contribution in [0.3, 0.4) is 0 Å². The Hall–Kier alpha value is -1.69. The van der Waals surface area contributed by atoms with Gasteiger partial charge in [-0.3, -0.25) is 4.79 Å². The van der Waals surface area contributed by atoms with E-state index >= 15 is 0 Å². The van der Waals surface area contributed by atoms with E-state index in [1.54, 1.807) is 12.1 Å². The first-order chi connectivity index (χ1) is 8.54. The van der Waals surface area contributed by atoms with Crippen molar-refractivity contribution in [2.75, 3.05) is 18.4 Å². The van der Waals surface area contributed by atoms with E-state index in [2.05, 4.69) is 34.7 Å². The minimum Gasteiger partial charge on any atom is -0.367 e. The summed E-state index contributed by atoms with van der Waals surface area (Å²) in [4.78, 5) is 11.5. The fourth-order valence-corrected chi connectivity index (χ4v) is 1.26. The lowest BCUT2D eigenvalue weighted by Crippen LogP contribution is -2.34. The third-order valence-corrected chi connectivity index (χ3v) is 2.61. The number of rotatable bonds is 6. The second-order valence-corrected chi connectivity index (χ2v) is 4.45. The molecule has 0 fully saturated rings. The SMILES string of the molecule is CCNC(=O)c1ccc(NCC(N)C(C)C)nn1. The number of carbonyl (C=O) groups excluding carboxylic acids is 1. The van der Waals surface area contributed by atoms with Crippen LogP contribution in [0, 0.1) is 5.92 Å². The number of amides is 1. The number of anilines is 1.